The van der Waals surface area contributed by atoms with E-state index < -0.39 is 11.7 Å². The summed E-state index contributed by atoms with van der Waals surface area (Å²) in [6.07, 6.45) is 6.49. The van der Waals surface area contributed by atoms with Crippen molar-refractivity contribution >= 4 is 35.2 Å². The molecule has 2 aliphatic heterocycles. The van der Waals surface area contributed by atoms with Crippen LogP contribution in [0.3, 0.4) is 0 Å². The molecule has 1 saturated carbocycles. The van der Waals surface area contributed by atoms with Gasteiger partial charge in [-0.25, -0.2) is 4.79 Å². The first kappa shape index (κ1) is 31.7. The Morgan fingerprint density at radius 3 is 2.37 bits per heavy atom. The van der Waals surface area contributed by atoms with E-state index in [-0.39, 0.29) is 30.8 Å². The van der Waals surface area contributed by atoms with Crippen LogP contribution in [-0.4, -0.2) is 98.8 Å². The number of piperazine rings is 1. The molecule has 2 saturated heterocycles. The number of nitrogens with zero attached hydrogens (tertiary/aromatic N) is 5. The minimum absolute atomic E-state index is 0.123. The van der Waals surface area contributed by atoms with Crippen LogP contribution in [0.4, 0.5) is 10.5 Å². The third kappa shape index (κ3) is 7.09. The van der Waals surface area contributed by atoms with E-state index in [1.165, 1.54) is 4.90 Å². The third-order valence-electron chi connectivity index (χ3n) is 9.18. The van der Waals surface area contributed by atoms with E-state index in [0.29, 0.717) is 43.0 Å². The molecular weight excluding hydrogens is 608 g/mol. The molecule has 1 atom stereocenters. The Morgan fingerprint density at radius 2 is 1.72 bits per heavy atom. The fraction of sp³-hybridized carbons (Fsp3) is 0.471. The third-order valence-corrected chi connectivity index (χ3v) is 9.49. The van der Waals surface area contributed by atoms with Crippen molar-refractivity contribution < 1.29 is 24.2 Å². The molecule has 0 bridgehead atoms. The average Bonchev–Trinajstić information content (AvgIpc) is 3.76. The van der Waals surface area contributed by atoms with Gasteiger partial charge in [0.25, 0.3) is 5.91 Å². The lowest BCUT2D eigenvalue weighted by atomic mass is 9.95. The number of piperidine rings is 1. The number of rotatable bonds is 9. The molecule has 3 aliphatic rings. The lowest BCUT2D eigenvalue weighted by Crippen LogP contribution is -2.56. The number of hydrogen-bond acceptors (Lipinski definition) is 6. The maximum absolute atomic E-state index is 14.0. The molecule has 0 spiro atoms. The van der Waals surface area contributed by atoms with E-state index in [0.717, 1.165) is 54.6 Å². The summed E-state index contributed by atoms with van der Waals surface area (Å²) in [4.78, 5) is 45.8. The molecule has 3 aromatic rings. The molecule has 3 fully saturated rings. The number of nitrogens with one attached hydrogen (secondary N) is 1. The highest BCUT2D eigenvalue weighted by atomic mass is 35.5. The Bertz CT molecular complexity index is 1550. The first-order valence-corrected chi connectivity index (χ1v) is 16.4. The quantitative estimate of drug-likeness (QED) is 0.330. The van der Waals surface area contributed by atoms with E-state index in [1.54, 1.807) is 31.0 Å². The van der Waals surface area contributed by atoms with Crippen molar-refractivity contribution in [2.75, 3.05) is 44.2 Å². The van der Waals surface area contributed by atoms with Gasteiger partial charge < -0.3 is 29.4 Å². The molecule has 1 unspecified atom stereocenters. The normalized spacial score (nSPS) is 18.8. The van der Waals surface area contributed by atoms with Crippen LogP contribution in [-0.2, 0) is 16.1 Å². The second-order valence-electron chi connectivity index (χ2n) is 13.0. The highest BCUT2D eigenvalue weighted by Gasteiger charge is 2.39. The molecule has 12 heteroatoms. The number of aromatic amines is 1. The van der Waals surface area contributed by atoms with Crippen LogP contribution in [0.15, 0.2) is 54.9 Å². The zero-order valence-corrected chi connectivity index (χ0v) is 27.1. The predicted octanol–water partition coefficient (Wildman–Crippen LogP) is 5.12. The number of carbonyl (C=O) groups is 3. The molecule has 1 aliphatic carbocycles. The number of H-pyrrole nitrogens is 1. The molecule has 2 aromatic carbocycles. The fourth-order valence-electron chi connectivity index (χ4n) is 6.40. The monoisotopic (exact) mass is 648 g/mol. The van der Waals surface area contributed by atoms with Gasteiger partial charge in [0.05, 0.1) is 17.1 Å². The van der Waals surface area contributed by atoms with E-state index in [9.17, 15) is 19.5 Å². The number of carboxylic acid groups (broad SMARTS) is 1. The van der Waals surface area contributed by atoms with Crippen LogP contribution in [0.5, 0.6) is 5.75 Å². The summed E-state index contributed by atoms with van der Waals surface area (Å²) in [5.41, 5.74) is 2.91. The number of ether oxygens (including phenoxy) is 1. The predicted molar refractivity (Wildman–Crippen MR) is 175 cm³/mol. The lowest BCUT2D eigenvalue weighted by molar-refractivity contribution is -0.147. The summed E-state index contributed by atoms with van der Waals surface area (Å²) in [6, 6.07) is 14.2. The molecule has 1 aromatic heterocycles. The molecule has 2 N–H and O–H groups in total. The number of halogens is 1. The molecular formula is C34H41ClN6O5. The van der Waals surface area contributed by atoms with E-state index >= 15 is 0 Å². The second-order valence-corrected chi connectivity index (χ2v) is 13.4. The van der Waals surface area contributed by atoms with Crippen molar-refractivity contribution in [2.45, 2.75) is 57.7 Å². The highest BCUT2D eigenvalue weighted by molar-refractivity contribution is 6.32. The zero-order valence-electron chi connectivity index (χ0n) is 26.3. The maximum Gasteiger partial charge on any atom is 0.407 e. The smallest absolute Gasteiger partial charge is 0.407 e. The number of hydrogen-bond donors (Lipinski definition) is 2. The van der Waals surface area contributed by atoms with E-state index in [1.807, 2.05) is 18.3 Å². The Kier molecular flexibility index (Phi) is 9.13. The standard InChI is InChI=1S/C34H41ClN6O5/c1-34(2,32(43)38-14-16-39(17-15-38)33(44)45)46-30-18-28(11-12-29(30)35)40-13-3-4-25(22-40)31(42)41(27-9-10-27)21-23-5-7-24(8-6-23)26-19-36-37-20-26/h5-8,11-12,18-20,25,27H,3-4,9-10,13-17,21-22H2,1-2H3,(H,36,37)(H,44,45). The van der Waals surface area contributed by atoms with Crippen LogP contribution < -0.4 is 9.64 Å². The van der Waals surface area contributed by atoms with Crippen LogP contribution in [0.25, 0.3) is 11.1 Å². The highest BCUT2D eigenvalue weighted by Crippen LogP contribution is 2.36. The first-order valence-electron chi connectivity index (χ1n) is 16.0. The fourth-order valence-corrected chi connectivity index (χ4v) is 6.55. The van der Waals surface area contributed by atoms with E-state index in [4.69, 9.17) is 16.3 Å². The Labute approximate surface area is 274 Å². The van der Waals surface area contributed by atoms with Crippen molar-refractivity contribution in [2.24, 2.45) is 5.92 Å². The molecule has 0 radical (unpaired) electrons. The van der Waals surface area contributed by atoms with Crippen LogP contribution >= 0.6 is 11.6 Å². The molecule has 6 rings (SSSR count). The molecule has 46 heavy (non-hydrogen) atoms. The minimum atomic E-state index is -1.21. The first-order chi connectivity index (χ1) is 22.1. The Balaban J connectivity index is 1.10. The van der Waals surface area contributed by atoms with Crippen molar-refractivity contribution in [3.63, 3.8) is 0 Å². The van der Waals surface area contributed by atoms with E-state index in [2.05, 4.69) is 44.3 Å². The molecule has 3 amide bonds. The van der Waals surface area contributed by atoms with Gasteiger partial charge in [0, 0.05) is 75.4 Å². The second kappa shape index (κ2) is 13.2. The topological polar surface area (TPSA) is 122 Å². The van der Waals surface area contributed by atoms with Gasteiger partial charge in [0.15, 0.2) is 5.60 Å². The number of anilines is 1. The summed E-state index contributed by atoms with van der Waals surface area (Å²) >= 11 is 6.56. The minimum Gasteiger partial charge on any atom is -0.476 e. The van der Waals surface area contributed by atoms with Crippen molar-refractivity contribution in [3.8, 4) is 16.9 Å². The zero-order chi connectivity index (χ0) is 32.4. The number of amides is 3. The van der Waals surface area contributed by atoms with Gasteiger partial charge in [-0.1, -0.05) is 35.9 Å². The van der Waals surface area contributed by atoms with Gasteiger partial charge in [-0.2, -0.15) is 5.10 Å². The summed E-state index contributed by atoms with van der Waals surface area (Å²) in [5, 5.41) is 16.5. The molecule has 11 nitrogen and oxygen atoms in total. The number of aromatic nitrogens is 2. The lowest BCUT2D eigenvalue weighted by Gasteiger charge is -2.38. The van der Waals surface area contributed by atoms with Gasteiger partial charge >= 0.3 is 6.09 Å². The van der Waals surface area contributed by atoms with Crippen LogP contribution in [0.1, 0.15) is 45.1 Å². The largest absolute Gasteiger partial charge is 0.476 e. The van der Waals surface area contributed by atoms with Gasteiger partial charge in [0.1, 0.15) is 5.75 Å². The van der Waals surface area contributed by atoms with Gasteiger partial charge in [-0.05, 0) is 62.8 Å². The SMILES string of the molecule is CC(C)(Oc1cc(N2CCCC(C(=O)N(Cc3ccc(-c4cn[nH]c4)cc3)C3CC3)C2)ccc1Cl)C(=O)N1CCN(C(=O)O)CC1. The van der Waals surface area contributed by atoms with Crippen molar-refractivity contribution in [1.82, 2.24) is 24.9 Å². The number of benzene rings is 2. The van der Waals surface area contributed by atoms with Crippen LogP contribution in [0, 0.1) is 5.92 Å². The van der Waals surface area contributed by atoms with Crippen molar-refractivity contribution in [1.29, 1.82) is 0 Å². The average molecular weight is 649 g/mol. The van der Waals surface area contributed by atoms with Crippen LogP contribution in [0.2, 0.25) is 5.02 Å². The summed E-state index contributed by atoms with van der Waals surface area (Å²) < 4.78 is 6.24. The Morgan fingerprint density at radius 1 is 1.00 bits per heavy atom. The summed E-state index contributed by atoms with van der Waals surface area (Å²) in [7, 11) is 0. The van der Waals surface area contributed by atoms with Crippen molar-refractivity contribution in [3.05, 3.63) is 65.4 Å². The maximum atomic E-state index is 14.0. The summed E-state index contributed by atoms with van der Waals surface area (Å²) in [5.74, 6) is 0.251. The Hall–Kier alpha value is -4.25. The number of carbonyl (C=O) groups excluding carboxylic acids is 2. The molecule has 3 heterocycles. The van der Waals surface area contributed by atoms with Gasteiger partial charge in [-0.3, -0.25) is 14.7 Å². The van der Waals surface area contributed by atoms with Gasteiger partial charge in [0.2, 0.25) is 5.91 Å². The van der Waals surface area contributed by atoms with Gasteiger partial charge in [-0.15, -0.1) is 0 Å². The summed E-state index contributed by atoms with van der Waals surface area (Å²) in [6.45, 7) is 6.55. The molecule has 244 valence electrons.